The molecule has 0 aliphatic carbocycles. The van der Waals surface area contributed by atoms with E-state index in [1.54, 1.807) is 18.3 Å². The number of aromatic amines is 1. The Balaban J connectivity index is 2.16. The predicted molar refractivity (Wildman–Crippen MR) is 118 cm³/mol. The molecule has 0 aliphatic rings. The van der Waals surface area contributed by atoms with Gasteiger partial charge >= 0.3 is 11.9 Å². The molecular weight excluding hydrogens is 450 g/mol. The van der Waals surface area contributed by atoms with E-state index in [2.05, 4.69) is 20.9 Å². The van der Waals surface area contributed by atoms with Gasteiger partial charge in [-0.05, 0) is 18.1 Å². The van der Waals surface area contributed by atoms with Crippen LogP contribution in [0.15, 0.2) is 30.5 Å². The molecule has 1 aromatic carbocycles. The number of hydrogen-bond donors (Lipinski definition) is 8. The fraction of sp³-hybridized carbons (Fsp3) is 0.381. The first kappa shape index (κ1) is 26.3. The second-order valence-corrected chi connectivity index (χ2v) is 7.46. The van der Waals surface area contributed by atoms with Gasteiger partial charge in [-0.25, -0.2) is 4.79 Å². The van der Waals surface area contributed by atoms with E-state index >= 15 is 0 Å². The Kier molecular flexibility index (Phi) is 9.52. The lowest BCUT2D eigenvalue weighted by Crippen LogP contribution is -2.57. The fourth-order valence-corrected chi connectivity index (χ4v) is 3.25. The fourth-order valence-electron chi connectivity index (χ4n) is 3.25. The number of fused-ring (bicyclic) bond motifs is 1. The van der Waals surface area contributed by atoms with E-state index in [9.17, 15) is 34.2 Å². The Morgan fingerprint density at radius 1 is 0.941 bits per heavy atom. The first-order valence-corrected chi connectivity index (χ1v) is 10.4. The summed E-state index contributed by atoms with van der Waals surface area (Å²) in [6.07, 6.45) is 0.700. The van der Waals surface area contributed by atoms with E-state index in [1.807, 2.05) is 12.1 Å². The Hall–Kier alpha value is -3.97. The number of benzene rings is 1. The van der Waals surface area contributed by atoms with Crippen LogP contribution in [0, 0.1) is 0 Å². The van der Waals surface area contributed by atoms with E-state index in [-0.39, 0.29) is 12.8 Å². The van der Waals surface area contributed by atoms with Gasteiger partial charge in [0.1, 0.15) is 18.1 Å². The second-order valence-electron chi connectivity index (χ2n) is 7.46. The molecule has 34 heavy (non-hydrogen) atoms. The molecule has 0 radical (unpaired) electrons. The molecule has 3 atom stereocenters. The molecule has 13 nitrogen and oxygen atoms in total. The highest BCUT2D eigenvalue weighted by atomic mass is 16.4. The number of carbonyl (C=O) groups excluding carboxylic acids is 3. The number of aliphatic hydroxyl groups excluding tert-OH is 1. The van der Waals surface area contributed by atoms with Gasteiger partial charge in [0.2, 0.25) is 17.7 Å². The van der Waals surface area contributed by atoms with Crippen LogP contribution in [0.25, 0.3) is 10.9 Å². The van der Waals surface area contributed by atoms with E-state index in [4.69, 9.17) is 10.8 Å². The molecule has 9 N–H and O–H groups in total. The summed E-state index contributed by atoms with van der Waals surface area (Å²) in [6.45, 7) is -1.25. The molecule has 3 unspecified atom stereocenters. The summed E-state index contributed by atoms with van der Waals surface area (Å²) in [5.41, 5.74) is 6.59. The highest BCUT2D eigenvalue weighted by Gasteiger charge is 2.30. The Bertz CT molecular complexity index is 1050. The van der Waals surface area contributed by atoms with Crippen LogP contribution in [0.4, 0.5) is 0 Å². The minimum atomic E-state index is -1.43. The number of carboxylic acid groups (broad SMARTS) is 2. The van der Waals surface area contributed by atoms with Crippen LogP contribution in [0.3, 0.4) is 0 Å². The maximum atomic E-state index is 12.8. The maximum absolute atomic E-state index is 12.8. The first-order valence-electron chi connectivity index (χ1n) is 10.4. The zero-order valence-corrected chi connectivity index (χ0v) is 18.1. The quantitative estimate of drug-likeness (QED) is 0.160. The van der Waals surface area contributed by atoms with Crippen molar-refractivity contribution in [2.24, 2.45) is 5.73 Å². The van der Waals surface area contributed by atoms with E-state index in [0.29, 0.717) is 5.56 Å². The largest absolute Gasteiger partial charge is 0.481 e. The van der Waals surface area contributed by atoms with Crippen LogP contribution in [-0.4, -0.2) is 81.2 Å². The number of carboxylic acids is 2. The van der Waals surface area contributed by atoms with E-state index in [0.717, 1.165) is 10.9 Å². The van der Waals surface area contributed by atoms with Gasteiger partial charge in [0, 0.05) is 29.9 Å². The van der Waals surface area contributed by atoms with Crippen molar-refractivity contribution < 1.29 is 39.3 Å². The highest BCUT2D eigenvalue weighted by molar-refractivity contribution is 5.94. The van der Waals surface area contributed by atoms with E-state index < -0.39 is 67.4 Å². The average Bonchev–Trinajstić information content (AvgIpc) is 3.21. The number of aliphatic hydroxyl groups is 1. The van der Waals surface area contributed by atoms with Gasteiger partial charge in [-0.3, -0.25) is 19.2 Å². The third-order valence-corrected chi connectivity index (χ3v) is 5.01. The molecule has 2 rings (SSSR count). The number of nitrogens with one attached hydrogen (secondary N) is 4. The van der Waals surface area contributed by atoms with Crippen LogP contribution in [-0.2, 0) is 30.4 Å². The lowest BCUT2D eigenvalue weighted by atomic mass is 10.0. The minimum absolute atomic E-state index is 0.0729. The van der Waals surface area contributed by atoms with E-state index in [1.165, 1.54) is 0 Å². The van der Waals surface area contributed by atoms with Crippen molar-refractivity contribution in [3.05, 3.63) is 36.0 Å². The zero-order valence-electron chi connectivity index (χ0n) is 18.1. The molecule has 2 aromatic rings. The number of para-hydroxylation sites is 1. The molecule has 3 amide bonds. The molecule has 0 saturated heterocycles. The summed E-state index contributed by atoms with van der Waals surface area (Å²) in [5.74, 6) is -5.19. The molecule has 0 aliphatic heterocycles. The smallest absolute Gasteiger partial charge is 0.326 e. The number of nitrogens with two attached hydrogens (primary N) is 1. The number of rotatable bonds is 13. The van der Waals surface area contributed by atoms with Crippen LogP contribution < -0.4 is 21.7 Å². The molecule has 0 bridgehead atoms. The Labute approximate surface area is 193 Å². The summed E-state index contributed by atoms with van der Waals surface area (Å²) in [7, 11) is 0. The van der Waals surface area contributed by atoms with Gasteiger partial charge in [-0.15, -0.1) is 0 Å². The molecule has 1 heterocycles. The van der Waals surface area contributed by atoms with Gasteiger partial charge in [-0.2, -0.15) is 0 Å². The molecule has 0 spiro atoms. The predicted octanol–water partition coefficient (Wildman–Crippen LogP) is -1.93. The third-order valence-electron chi connectivity index (χ3n) is 5.01. The van der Waals surface area contributed by atoms with Crippen molar-refractivity contribution >= 4 is 40.6 Å². The molecule has 13 heteroatoms. The zero-order chi connectivity index (χ0) is 25.3. The van der Waals surface area contributed by atoms with Crippen molar-refractivity contribution in [3.63, 3.8) is 0 Å². The number of carbonyl (C=O) groups is 5. The number of H-pyrrole nitrogens is 1. The molecule has 184 valence electrons. The van der Waals surface area contributed by atoms with Gasteiger partial charge in [0.05, 0.1) is 13.2 Å². The Morgan fingerprint density at radius 3 is 2.21 bits per heavy atom. The van der Waals surface area contributed by atoms with Gasteiger partial charge < -0.3 is 42.0 Å². The van der Waals surface area contributed by atoms with Crippen LogP contribution in [0.5, 0.6) is 0 Å². The Morgan fingerprint density at radius 2 is 1.59 bits per heavy atom. The summed E-state index contributed by atoms with van der Waals surface area (Å²) in [5, 5.41) is 35.5. The van der Waals surface area contributed by atoms with Crippen LogP contribution >= 0.6 is 0 Å². The normalized spacial score (nSPS) is 13.5. The number of hydrogen-bond acceptors (Lipinski definition) is 7. The van der Waals surface area contributed by atoms with Crippen molar-refractivity contribution in [1.29, 1.82) is 0 Å². The van der Waals surface area contributed by atoms with Crippen LogP contribution in [0.2, 0.25) is 0 Å². The lowest BCUT2D eigenvalue weighted by molar-refractivity contribution is -0.143. The number of amides is 3. The van der Waals surface area contributed by atoms with Crippen LogP contribution in [0.1, 0.15) is 18.4 Å². The summed E-state index contributed by atoms with van der Waals surface area (Å²) >= 11 is 0. The first-order chi connectivity index (χ1) is 16.2. The van der Waals surface area contributed by atoms with Gasteiger partial charge in [-0.1, -0.05) is 18.2 Å². The summed E-state index contributed by atoms with van der Waals surface area (Å²) in [4.78, 5) is 62.5. The SMILES string of the molecule is NCC(=O)NC(CO)C(=O)NC(CCC(=O)O)C(=O)NC(Cc1c[nH]c2ccccc12)C(=O)O. The van der Waals surface area contributed by atoms with Crippen molar-refractivity contribution in [2.75, 3.05) is 13.2 Å². The molecule has 0 fully saturated rings. The van der Waals surface area contributed by atoms with Crippen molar-refractivity contribution in [1.82, 2.24) is 20.9 Å². The topological polar surface area (TPSA) is 224 Å². The monoisotopic (exact) mass is 477 g/mol. The lowest BCUT2D eigenvalue weighted by Gasteiger charge is -2.23. The van der Waals surface area contributed by atoms with Gasteiger partial charge in [0.25, 0.3) is 0 Å². The average molecular weight is 477 g/mol. The molecule has 0 saturated carbocycles. The number of aromatic nitrogens is 1. The summed E-state index contributed by atoms with van der Waals surface area (Å²) in [6, 6.07) is 2.96. The summed E-state index contributed by atoms with van der Waals surface area (Å²) < 4.78 is 0. The minimum Gasteiger partial charge on any atom is -0.481 e. The molecular formula is C21H27N5O8. The second kappa shape index (κ2) is 12.3. The molecule has 1 aromatic heterocycles. The van der Waals surface area contributed by atoms with Crippen molar-refractivity contribution in [3.8, 4) is 0 Å². The third kappa shape index (κ3) is 7.28. The van der Waals surface area contributed by atoms with Gasteiger partial charge in [0.15, 0.2) is 0 Å². The highest BCUT2D eigenvalue weighted by Crippen LogP contribution is 2.19. The maximum Gasteiger partial charge on any atom is 0.326 e. The standard InChI is InChI=1S/C21H27N5O8/c22-8-17(28)24-16(10-27)20(32)25-14(5-6-18(29)30)19(31)26-15(21(33)34)7-11-9-23-13-4-2-1-3-12(11)13/h1-4,9,14-16,23,27H,5-8,10,22H2,(H,24,28)(H,25,32)(H,26,31)(H,29,30)(H,33,34). The number of aliphatic carboxylic acids is 2. The van der Waals surface area contributed by atoms with Crippen molar-refractivity contribution in [2.45, 2.75) is 37.4 Å².